The molecule has 0 saturated heterocycles. The van der Waals surface area contributed by atoms with Crippen molar-refractivity contribution in [3.63, 3.8) is 0 Å². The maximum atomic E-state index is 12.2. The lowest BCUT2D eigenvalue weighted by atomic mass is 9.96. The van der Waals surface area contributed by atoms with Crippen molar-refractivity contribution in [1.29, 1.82) is 0 Å². The first-order valence-electron chi connectivity index (χ1n) is 6.04. The fraction of sp³-hybridized carbons (Fsp3) is 0.500. The van der Waals surface area contributed by atoms with E-state index in [-0.39, 0.29) is 17.1 Å². The van der Waals surface area contributed by atoms with E-state index in [9.17, 15) is 4.79 Å². The van der Waals surface area contributed by atoms with Crippen molar-refractivity contribution in [3.8, 4) is 0 Å². The topological polar surface area (TPSA) is 90.6 Å². The molecule has 0 aliphatic heterocycles. The molecule has 0 spiro atoms. The van der Waals surface area contributed by atoms with E-state index in [1.807, 2.05) is 20.8 Å². The first-order valence-corrected chi connectivity index (χ1v) is 6.04. The van der Waals surface area contributed by atoms with Gasteiger partial charge in [-0.3, -0.25) is 15.0 Å². The maximum absolute atomic E-state index is 12.2. The Morgan fingerprint density at radius 3 is 2.68 bits per heavy atom. The van der Waals surface area contributed by atoms with Crippen molar-refractivity contribution in [1.82, 2.24) is 30.3 Å². The van der Waals surface area contributed by atoms with Gasteiger partial charge >= 0.3 is 0 Å². The monoisotopic (exact) mass is 262 g/mol. The van der Waals surface area contributed by atoms with Crippen molar-refractivity contribution in [2.45, 2.75) is 32.7 Å². The first-order chi connectivity index (χ1) is 8.88. The second-order valence-corrected chi connectivity index (χ2v) is 5.53. The third-order valence-corrected chi connectivity index (χ3v) is 2.71. The van der Waals surface area contributed by atoms with E-state index < -0.39 is 0 Å². The predicted octanol–water partition coefficient (Wildman–Crippen LogP) is 1.10. The van der Waals surface area contributed by atoms with Crippen molar-refractivity contribution in [2.24, 2.45) is 0 Å². The first kappa shape index (κ1) is 13.3. The summed E-state index contributed by atoms with van der Waals surface area (Å²) in [5.41, 5.74) is 0.775. The predicted molar refractivity (Wildman–Crippen MR) is 69.5 cm³/mol. The van der Waals surface area contributed by atoms with Crippen LogP contribution in [0.25, 0.3) is 0 Å². The van der Waals surface area contributed by atoms with Gasteiger partial charge in [0.15, 0.2) is 0 Å². The Morgan fingerprint density at radius 2 is 2.16 bits per heavy atom. The van der Waals surface area contributed by atoms with E-state index in [0.29, 0.717) is 12.4 Å². The SMILES string of the molecule is CN(Cc1cn[nH]c1)C(=O)c1n[nH]c(C(C)(C)C)n1. The Bertz CT molecular complexity index is 551. The molecule has 19 heavy (non-hydrogen) atoms. The molecule has 2 aromatic rings. The number of aromatic nitrogens is 5. The van der Waals surface area contributed by atoms with Crippen LogP contribution in [0.3, 0.4) is 0 Å². The maximum Gasteiger partial charge on any atom is 0.293 e. The molecule has 2 aromatic heterocycles. The van der Waals surface area contributed by atoms with Gasteiger partial charge in [0, 0.05) is 30.8 Å². The van der Waals surface area contributed by atoms with Gasteiger partial charge in [0.2, 0.25) is 5.82 Å². The molecule has 0 unspecified atom stereocenters. The summed E-state index contributed by atoms with van der Waals surface area (Å²) in [6.45, 7) is 6.50. The van der Waals surface area contributed by atoms with E-state index in [0.717, 1.165) is 5.56 Å². The molecule has 0 aliphatic carbocycles. The summed E-state index contributed by atoms with van der Waals surface area (Å²) < 4.78 is 0. The lowest BCUT2D eigenvalue weighted by Gasteiger charge is -2.14. The average Bonchev–Trinajstić information content (AvgIpc) is 2.97. The second-order valence-electron chi connectivity index (χ2n) is 5.53. The highest BCUT2D eigenvalue weighted by molar-refractivity contribution is 5.90. The van der Waals surface area contributed by atoms with E-state index in [4.69, 9.17) is 0 Å². The molecule has 0 bridgehead atoms. The van der Waals surface area contributed by atoms with E-state index in [1.54, 1.807) is 24.3 Å². The number of aromatic amines is 2. The molecule has 0 atom stereocenters. The molecule has 2 N–H and O–H groups in total. The van der Waals surface area contributed by atoms with Crippen LogP contribution >= 0.6 is 0 Å². The lowest BCUT2D eigenvalue weighted by molar-refractivity contribution is 0.0773. The van der Waals surface area contributed by atoms with Crippen LogP contribution in [-0.4, -0.2) is 43.2 Å². The van der Waals surface area contributed by atoms with Crippen LogP contribution in [0.1, 0.15) is 42.8 Å². The van der Waals surface area contributed by atoms with E-state index in [1.165, 1.54) is 0 Å². The minimum Gasteiger partial charge on any atom is -0.334 e. The van der Waals surface area contributed by atoms with Crippen LogP contribution < -0.4 is 0 Å². The van der Waals surface area contributed by atoms with Crippen LogP contribution in [0, 0.1) is 0 Å². The van der Waals surface area contributed by atoms with Gasteiger partial charge in [-0.2, -0.15) is 5.10 Å². The Hall–Kier alpha value is -2.18. The minimum absolute atomic E-state index is 0.158. The number of rotatable bonds is 3. The number of carbonyl (C=O) groups is 1. The number of nitrogens with one attached hydrogen (secondary N) is 2. The second kappa shape index (κ2) is 4.83. The third kappa shape index (κ3) is 2.98. The van der Waals surface area contributed by atoms with Gasteiger partial charge in [-0.05, 0) is 0 Å². The van der Waals surface area contributed by atoms with Gasteiger partial charge in [0.05, 0.1) is 6.20 Å². The largest absolute Gasteiger partial charge is 0.334 e. The number of nitrogens with zero attached hydrogens (tertiary/aromatic N) is 4. The van der Waals surface area contributed by atoms with Gasteiger partial charge in [-0.1, -0.05) is 20.8 Å². The van der Waals surface area contributed by atoms with Crippen molar-refractivity contribution >= 4 is 5.91 Å². The van der Waals surface area contributed by atoms with Gasteiger partial charge in [0.1, 0.15) is 5.82 Å². The van der Waals surface area contributed by atoms with Crippen LogP contribution in [0.2, 0.25) is 0 Å². The average molecular weight is 262 g/mol. The summed E-state index contributed by atoms with van der Waals surface area (Å²) in [6, 6.07) is 0. The molecule has 0 radical (unpaired) electrons. The van der Waals surface area contributed by atoms with E-state index >= 15 is 0 Å². The minimum atomic E-state index is -0.215. The van der Waals surface area contributed by atoms with Gasteiger partial charge in [0.25, 0.3) is 5.91 Å². The third-order valence-electron chi connectivity index (χ3n) is 2.71. The van der Waals surface area contributed by atoms with E-state index in [2.05, 4.69) is 25.4 Å². The lowest BCUT2D eigenvalue weighted by Crippen LogP contribution is -2.27. The quantitative estimate of drug-likeness (QED) is 0.866. The number of H-pyrrole nitrogens is 2. The summed E-state index contributed by atoms with van der Waals surface area (Å²) in [5.74, 6) is 0.677. The normalized spacial score (nSPS) is 11.6. The van der Waals surface area contributed by atoms with Crippen LogP contribution in [0.15, 0.2) is 12.4 Å². The highest BCUT2D eigenvalue weighted by Crippen LogP contribution is 2.17. The molecule has 2 rings (SSSR count). The smallest absolute Gasteiger partial charge is 0.293 e. The van der Waals surface area contributed by atoms with Gasteiger partial charge in [-0.25, -0.2) is 4.98 Å². The summed E-state index contributed by atoms with van der Waals surface area (Å²) >= 11 is 0. The number of amides is 1. The van der Waals surface area contributed by atoms with Crippen molar-refractivity contribution in [3.05, 3.63) is 29.6 Å². The molecular weight excluding hydrogens is 244 g/mol. The Kier molecular flexibility index (Phi) is 3.37. The molecule has 0 aromatic carbocycles. The fourth-order valence-electron chi connectivity index (χ4n) is 1.57. The number of carbonyl (C=O) groups excluding carboxylic acids is 1. The molecule has 102 valence electrons. The summed E-state index contributed by atoms with van der Waals surface area (Å²) in [6.07, 6.45) is 3.44. The molecule has 1 amide bonds. The molecular formula is C12H18N6O. The van der Waals surface area contributed by atoms with Crippen molar-refractivity contribution < 1.29 is 4.79 Å². The van der Waals surface area contributed by atoms with Crippen molar-refractivity contribution in [2.75, 3.05) is 7.05 Å². The fourth-order valence-corrected chi connectivity index (χ4v) is 1.57. The number of hydrogen-bond acceptors (Lipinski definition) is 4. The Morgan fingerprint density at radius 1 is 1.42 bits per heavy atom. The number of hydrogen-bond donors (Lipinski definition) is 2. The zero-order valence-electron chi connectivity index (χ0n) is 11.6. The highest BCUT2D eigenvalue weighted by Gasteiger charge is 2.23. The Labute approximate surface area is 111 Å². The Balaban J connectivity index is 2.09. The zero-order valence-corrected chi connectivity index (χ0v) is 11.6. The summed E-state index contributed by atoms with van der Waals surface area (Å²) in [4.78, 5) is 18.0. The molecule has 7 heteroatoms. The molecule has 0 fully saturated rings. The summed E-state index contributed by atoms with van der Waals surface area (Å²) in [5, 5.41) is 13.4. The van der Waals surface area contributed by atoms with Crippen LogP contribution in [0.4, 0.5) is 0 Å². The van der Waals surface area contributed by atoms with Gasteiger partial charge < -0.3 is 4.90 Å². The molecule has 0 saturated carbocycles. The zero-order chi connectivity index (χ0) is 14.0. The van der Waals surface area contributed by atoms with Crippen LogP contribution in [0.5, 0.6) is 0 Å². The van der Waals surface area contributed by atoms with Crippen LogP contribution in [-0.2, 0) is 12.0 Å². The molecule has 2 heterocycles. The highest BCUT2D eigenvalue weighted by atomic mass is 16.2. The molecule has 0 aliphatic rings. The standard InChI is InChI=1S/C12H18N6O/c1-12(2,3)11-15-9(16-17-11)10(19)18(4)7-8-5-13-14-6-8/h5-6H,7H2,1-4H3,(H,13,14)(H,15,16,17). The summed E-state index contributed by atoms with van der Waals surface area (Å²) in [7, 11) is 1.71. The van der Waals surface area contributed by atoms with Gasteiger partial charge in [-0.15, -0.1) is 5.10 Å². The molecule has 7 nitrogen and oxygen atoms in total.